The number of para-hydroxylation sites is 1. The van der Waals surface area contributed by atoms with Crippen LogP contribution in [0.25, 0.3) is 0 Å². The molecule has 1 amide bonds. The van der Waals surface area contributed by atoms with Crippen LogP contribution in [-0.4, -0.2) is 29.7 Å². The smallest absolute Gasteiger partial charge is 0.253 e. The van der Waals surface area contributed by atoms with Crippen molar-refractivity contribution in [2.75, 3.05) is 18.5 Å². The van der Waals surface area contributed by atoms with Gasteiger partial charge in [0.15, 0.2) is 0 Å². The summed E-state index contributed by atoms with van der Waals surface area (Å²) < 4.78 is 0. The van der Waals surface area contributed by atoms with E-state index < -0.39 is 5.54 Å². The molecule has 0 unspecified atom stereocenters. The van der Waals surface area contributed by atoms with Crippen molar-refractivity contribution >= 4 is 11.6 Å². The van der Waals surface area contributed by atoms with E-state index in [1.807, 2.05) is 24.3 Å². The Morgan fingerprint density at radius 1 is 1.30 bits per heavy atom. The first-order chi connectivity index (χ1) is 9.71. The minimum Gasteiger partial charge on any atom is -0.394 e. The zero-order chi connectivity index (χ0) is 14.4. The van der Waals surface area contributed by atoms with Gasteiger partial charge in [0.25, 0.3) is 5.91 Å². The molecule has 0 atom stereocenters. The summed E-state index contributed by atoms with van der Waals surface area (Å²) in [7, 11) is 0. The first-order valence-corrected chi connectivity index (χ1v) is 7.47. The molecule has 1 fully saturated rings. The molecule has 1 saturated carbocycles. The lowest BCUT2D eigenvalue weighted by molar-refractivity contribution is 0.0839. The van der Waals surface area contributed by atoms with Crippen molar-refractivity contribution in [2.45, 2.75) is 44.6 Å². The van der Waals surface area contributed by atoms with Gasteiger partial charge < -0.3 is 15.7 Å². The van der Waals surface area contributed by atoms with Crippen LogP contribution >= 0.6 is 0 Å². The van der Waals surface area contributed by atoms with Crippen molar-refractivity contribution < 1.29 is 9.90 Å². The Kier molecular flexibility index (Phi) is 5.01. The number of hydrogen-bond donors (Lipinski definition) is 3. The van der Waals surface area contributed by atoms with Crippen molar-refractivity contribution in [3.05, 3.63) is 29.8 Å². The van der Waals surface area contributed by atoms with Crippen molar-refractivity contribution in [2.24, 2.45) is 0 Å². The van der Waals surface area contributed by atoms with Gasteiger partial charge in [-0.1, -0.05) is 31.9 Å². The van der Waals surface area contributed by atoms with Crippen LogP contribution in [0.1, 0.15) is 49.4 Å². The minimum atomic E-state index is -0.422. The normalized spacial score (nSPS) is 16.9. The van der Waals surface area contributed by atoms with E-state index in [1.165, 1.54) is 0 Å². The molecule has 20 heavy (non-hydrogen) atoms. The number of hydrogen-bond acceptors (Lipinski definition) is 3. The highest BCUT2D eigenvalue weighted by molar-refractivity contribution is 6.00. The van der Waals surface area contributed by atoms with Crippen LogP contribution in [0.15, 0.2) is 24.3 Å². The third kappa shape index (κ3) is 3.31. The van der Waals surface area contributed by atoms with E-state index in [0.29, 0.717) is 5.56 Å². The molecule has 0 heterocycles. The molecule has 0 spiro atoms. The lowest BCUT2D eigenvalue weighted by Crippen LogP contribution is -2.49. The standard InChI is InChI=1S/C16H24N2O2/c1-2-11-17-14-8-4-3-7-13(14)15(20)18-16(12-19)9-5-6-10-16/h3-4,7-8,17,19H,2,5-6,9-12H2,1H3,(H,18,20). The zero-order valence-electron chi connectivity index (χ0n) is 12.1. The monoisotopic (exact) mass is 276 g/mol. The van der Waals surface area contributed by atoms with E-state index in [0.717, 1.165) is 44.3 Å². The highest BCUT2D eigenvalue weighted by Gasteiger charge is 2.35. The fraction of sp³-hybridized carbons (Fsp3) is 0.562. The first kappa shape index (κ1) is 14.9. The highest BCUT2D eigenvalue weighted by Crippen LogP contribution is 2.30. The van der Waals surface area contributed by atoms with Crippen LogP contribution in [0.2, 0.25) is 0 Å². The molecule has 4 nitrogen and oxygen atoms in total. The van der Waals surface area contributed by atoms with E-state index >= 15 is 0 Å². The van der Waals surface area contributed by atoms with Gasteiger partial charge in [0.05, 0.1) is 17.7 Å². The van der Waals surface area contributed by atoms with Crippen molar-refractivity contribution in [3.8, 4) is 0 Å². The summed E-state index contributed by atoms with van der Waals surface area (Å²) in [5.41, 5.74) is 1.09. The van der Waals surface area contributed by atoms with Gasteiger partial charge in [-0.2, -0.15) is 0 Å². The second-order valence-electron chi connectivity index (χ2n) is 5.57. The van der Waals surface area contributed by atoms with Gasteiger partial charge in [0.2, 0.25) is 0 Å². The maximum Gasteiger partial charge on any atom is 0.253 e. The largest absolute Gasteiger partial charge is 0.394 e. The van der Waals surface area contributed by atoms with Crippen LogP contribution in [0, 0.1) is 0 Å². The van der Waals surface area contributed by atoms with E-state index in [1.54, 1.807) is 0 Å². The second kappa shape index (κ2) is 6.75. The number of aliphatic hydroxyl groups is 1. The van der Waals surface area contributed by atoms with Gasteiger partial charge in [-0.3, -0.25) is 4.79 Å². The number of benzene rings is 1. The van der Waals surface area contributed by atoms with Crippen molar-refractivity contribution in [1.29, 1.82) is 0 Å². The second-order valence-corrected chi connectivity index (χ2v) is 5.57. The maximum atomic E-state index is 12.5. The molecule has 1 aliphatic rings. The predicted octanol–water partition coefficient (Wildman–Crippen LogP) is 2.54. The van der Waals surface area contributed by atoms with E-state index in [9.17, 15) is 9.90 Å². The Morgan fingerprint density at radius 3 is 2.65 bits per heavy atom. The molecule has 0 aliphatic heterocycles. The molecule has 1 aromatic rings. The Balaban J connectivity index is 2.12. The van der Waals surface area contributed by atoms with Crippen LogP contribution in [-0.2, 0) is 0 Å². The third-order valence-electron chi connectivity index (χ3n) is 3.98. The summed E-state index contributed by atoms with van der Waals surface area (Å²) >= 11 is 0. The summed E-state index contributed by atoms with van der Waals surface area (Å²) in [5, 5.41) is 15.9. The molecule has 4 heteroatoms. The lowest BCUT2D eigenvalue weighted by atomic mass is 9.98. The summed E-state index contributed by atoms with van der Waals surface area (Å²) in [4.78, 5) is 12.5. The number of nitrogens with one attached hydrogen (secondary N) is 2. The van der Waals surface area contributed by atoms with E-state index in [2.05, 4.69) is 17.6 Å². The Hall–Kier alpha value is -1.55. The summed E-state index contributed by atoms with van der Waals surface area (Å²) in [6.07, 6.45) is 4.86. The Morgan fingerprint density at radius 2 is 2.00 bits per heavy atom. The SMILES string of the molecule is CCCNc1ccccc1C(=O)NC1(CO)CCCC1. The van der Waals surface area contributed by atoms with Gasteiger partial charge in [0, 0.05) is 12.2 Å². The molecular formula is C16H24N2O2. The van der Waals surface area contributed by atoms with Gasteiger partial charge >= 0.3 is 0 Å². The summed E-state index contributed by atoms with van der Waals surface area (Å²) in [6.45, 7) is 2.95. The number of rotatable bonds is 6. The molecule has 110 valence electrons. The van der Waals surface area contributed by atoms with E-state index in [4.69, 9.17) is 0 Å². The number of amides is 1. The van der Waals surface area contributed by atoms with Gasteiger partial charge in [-0.05, 0) is 31.4 Å². The van der Waals surface area contributed by atoms with Crippen LogP contribution in [0.3, 0.4) is 0 Å². The van der Waals surface area contributed by atoms with Crippen molar-refractivity contribution in [1.82, 2.24) is 5.32 Å². The lowest BCUT2D eigenvalue weighted by Gasteiger charge is -2.28. The molecular weight excluding hydrogens is 252 g/mol. The van der Waals surface area contributed by atoms with Crippen LogP contribution in [0.4, 0.5) is 5.69 Å². The Labute approximate surface area is 120 Å². The highest BCUT2D eigenvalue weighted by atomic mass is 16.3. The molecule has 0 bridgehead atoms. The molecule has 1 aromatic carbocycles. The molecule has 2 rings (SSSR count). The third-order valence-corrected chi connectivity index (χ3v) is 3.98. The van der Waals surface area contributed by atoms with Gasteiger partial charge in [-0.15, -0.1) is 0 Å². The van der Waals surface area contributed by atoms with Gasteiger partial charge in [0.1, 0.15) is 0 Å². The molecule has 0 radical (unpaired) electrons. The van der Waals surface area contributed by atoms with Gasteiger partial charge in [-0.25, -0.2) is 0 Å². The first-order valence-electron chi connectivity index (χ1n) is 7.47. The fourth-order valence-corrected chi connectivity index (χ4v) is 2.78. The number of aliphatic hydroxyl groups excluding tert-OH is 1. The topological polar surface area (TPSA) is 61.4 Å². The molecule has 0 aromatic heterocycles. The molecule has 0 saturated heterocycles. The molecule has 1 aliphatic carbocycles. The Bertz CT molecular complexity index is 454. The average Bonchev–Trinajstić information content (AvgIpc) is 2.94. The quantitative estimate of drug-likeness (QED) is 0.748. The van der Waals surface area contributed by atoms with E-state index in [-0.39, 0.29) is 12.5 Å². The summed E-state index contributed by atoms with van der Waals surface area (Å²) in [6, 6.07) is 7.54. The number of anilines is 1. The number of carbonyl (C=O) groups is 1. The fourth-order valence-electron chi connectivity index (χ4n) is 2.78. The molecule has 3 N–H and O–H groups in total. The van der Waals surface area contributed by atoms with Crippen LogP contribution < -0.4 is 10.6 Å². The summed E-state index contributed by atoms with van der Waals surface area (Å²) in [5.74, 6) is -0.0971. The predicted molar refractivity (Wildman–Crippen MR) is 81.0 cm³/mol. The van der Waals surface area contributed by atoms with Crippen LogP contribution in [0.5, 0.6) is 0 Å². The maximum absolute atomic E-state index is 12.5. The van der Waals surface area contributed by atoms with Crippen molar-refractivity contribution in [3.63, 3.8) is 0 Å². The average molecular weight is 276 g/mol. The number of carbonyl (C=O) groups excluding carboxylic acids is 1. The zero-order valence-corrected chi connectivity index (χ0v) is 12.1. The minimum absolute atomic E-state index is 0.0172.